The van der Waals surface area contributed by atoms with Gasteiger partial charge in [-0.05, 0) is 26.3 Å². The number of aryl methyl sites for hydroxylation is 1. The zero-order valence-corrected chi connectivity index (χ0v) is 13.0. The van der Waals surface area contributed by atoms with Crippen LogP contribution in [0.2, 0.25) is 0 Å². The van der Waals surface area contributed by atoms with E-state index in [9.17, 15) is 9.90 Å². The summed E-state index contributed by atoms with van der Waals surface area (Å²) in [5.74, 6) is -0.114. The van der Waals surface area contributed by atoms with Gasteiger partial charge >= 0.3 is 5.97 Å². The van der Waals surface area contributed by atoms with E-state index in [1.54, 1.807) is 0 Å². The molecular weight excluding hydrogens is 290 g/mol. The summed E-state index contributed by atoms with van der Waals surface area (Å²) in [4.78, 5) is 23.2. The van der Waals surface area contributed by atoms with Crippen LogP contribution < -0.4 is 4.90 Å². The number of thiophene rings is 1. The number of hydrogen-bond acceptors (Lipinski definition) is 6. The van der Waals surface area contributed by atoms with Crippen LogP contribution in [0.3, 0.4) is 0 Å². The molecule has 1 aliphatic heterocycles. The quantitative estimate of drug-likeness (QED) is 0.917. The molecule has 1 fully saturated rings. The lowest BCUT2D eigenvalue weighted by molar-refractivity contribution is 0.0641. The molecule has 7 heteroatoms. The highest BCUT2D eigenvalue weighted by atomic mass is 32.1. The van der Waals surface area contributed by atoms with Gasteiger partial charge in [-0.3, -0.25) is 0 Å². The summed E-state index contributed by atoms with van der Waals surface area (Å²) in [6.07, 6.45) is 1.50. The summed E-state index contributed by atoms with van der Waals surface area (Å²) >= 11 is 1.20. The van der Waals surface area contributed by atoms with Crippen LogP contribution in [0.25, 0.3) is 10.2 Å². The van der Waals surface area contributed by atoms with Crippen LogP contribution in [0, 0.1) is 6.92 Å². The maximum absolute atomic E-state index is 11.3. The normalized spacial score (nSPS) is 18.1. The van der Waals surface area contributed by atoms with Crippen LogP contribution >= 0.6 is 11.3 Å². The smallest absolute Gasteiger partial charge is 0.346 e. The Morgan fingerprint density at radius 1 is 1.48 bits per heavy atom. The topological polar surface area (TPSA) is 75.5 Å². The van der Waals surface area contributed by atoms with Crippen molar-refractivity contribution in [2.75, 3.05) is 24.7 Å². The molecule has 0 atom stereocenters. The van der Waals surface area contributed by atoms with Crippen LogP contribution in [-0.2, 0) is 4.74 Å². The average Bonchev–Trinajstić information content (AvgIpc) is 2.76. The molecular formula is C14H17N3O3S. The van der Waals surface area contributed by atoms with E-state index in [0.29, 0.717) is 18.1 Å². The number of ether oxygens (including phenoxy) is 1. The van der Waals surface area contributed by atoms with Crippen molar-refractivity contribution >= 4 is 33.3 Å². The second kappa shape index (κ2) is 4.92. The lowest BCUT2D eigenvalue weighted by Crippen LogP contribution is -2.53. The second-order valence-electron chi connectivity index (χ2n) is 5.76. The van der Waals surface area contributed by atoms with Gasteiger partial charge in [0.25, 0.3) is 0 Å². The van der Waals surface area contributed by atoms with E-state index >= 15 is 0 Å². The number of carboxylic acid groups (broad SMARTS) is 1. The first kappa shape index (κ1) is 14.2. The number of anilines is 1. The third-order valence-electron chi connectivity index (χ3n) is 3.80. The Labute approximate surface area is 126 Å². The van der Waals surface area contributed by atoms with E-state index in [0.717, 1.165) is 28.1 Å². The molecule has 0 aromatic carbocycles. The van der Waals surface area contributed by atoms with E-state index in [1.807, 2.05) is 6.92 Å². The van der Waals surface area contributed by atoms with Crippen molar-refractivity contribution in [2.45, 2.75) is 26.3 Å². The molecule has 1 aliphatic rings. The summed E-state index contributed by atoms with van der Waals surface area (Å²) < 4.78 is 5.55. The van der Waals surface area contributed by atoms with E-state index < -0.39 is 5.97 Å². The van der Waals surface area contributed by atoms with Crippen LogP contribution in [0.15, 0.2) is 6.33 Å². The summed E-state index contributed by atoms with van der Waals surface area (Å²) in [5, 5.41) is 10.1. The highest BCUT2D eigenvalue weighted by Gasteiger charge is 2.33. The maximum atomic E-state index is 11.3. The number of hydrogen-bond donors (Lipinski definition) is 1. The molecule has 6 nitrogen and oxygen atoms in total. The molecule has 0 amide bonds. The number of aromatic carboxylic acids is 1. The van der Waals surface area contributed by atoms with Crippen molar-refractivity contribution in [1.82, 2.24) is 9.97 Å². The minimum atomic E-state index is -0.914. The molecule has 0 bridgehead atoms. The number of aromatic nitrogens is 2. The zero-order chi connectivity index (χ0) is 15.2. The van der Waals surface area contributed by atoms with E-state index in [-0.39, 0.29) is 5.54 Å². The molecule has 0 radical (unpaired) electrons. The Morgan fingerprint density at radius 3 is 2.90 bits per heavy atom. The molecule has 1 saturated heterocycles. The highest BCUT2D eigenvalue weighted by molar-refractivity contribution is 7.20. The second-order valence-corrected chi connectivity index (χ2v) is 6.75. The number of carbonyl (C=O) groups is 1. The predicted molar refractivity (Wildman–Crippen MR) is 81.4 cm³/mol. The SMILES string of the molecule is Cc1c(C(=O)O)sc2ncnc(N3CCOCC3(C)C)c12. The Morgan fingerprint density at radius 2 is 2.24 bits per heavy atom. The average molecular weight is 307 g/mol. The molecule has 0 spiro atoms. The minimum Gasteiger partial charge on any atom is -0.477 e. The Bertz CT molecular complexity index is 711. The van der Waals surface area contributed by atoms with E-state index in [1.165, 1.54) is 17.7 Å². The number of rotatable bonds is 2. The molecule has 21 heavy (non-hydrogen) atoms. The van der Waals surface area contributed by atoms with Crippen molar-refractivity contribution in [2.24, 2.45) is 0 Å². The predicted octanol–water partition coefficient (Wildman–Crippen LogP) is 2.31. The first-order valence-electron chi connectivity index (χ1n) is 6.74. The monoisotopic (exact) mass is 307 g/mol. The number of morpholine rings is 1. The van der Waals surface area contributed by atoms with E-state index in [4.69, 9.17) is 4.74 Å². The van der Waals surface area contributed by atoms with Gasteiger partial charge in [-0.2, -0.15) is 0 Å². The van der Waals surface area contributed by atoms with E-state index in [2.05, 4.69) is 28.7 Å². The minimum absolute atomic E-state index is 0.183. The maximum Gasteiger partial charge on any atom is 0.346 e. The Kier molecular flexibility index (Phi) is 3.33. The fourth-order valence-corrected chi connectivity index (χ4v) is 3.69. The molecule has 0 saturated carbocycles. The van der Waals surface area contributed by atoms with Crippen molar-refractivity contribution in [3.63, 3.8) is 0 Å². The van der Waals surface area contributed by atoms with Crippen LogP contribution in [0.4, 0.5) is 5.82 Å². The largest absolute Gasteiger partial charge is 0.477 e. The van der Waals surface area contributed by atoms with Gasteiger partial charge in [-0.25, -0.2) is 14.8 Å². The Balaban J connectivity index is 2.21. The van der Waals surface area contributed by atoms with Crippen LogP contribution in [-0.4, -0.2) is 46.3 Å². The highest BCUT2D eigenvalue weighted by Crippen LogP contribution is 2.37. The Hall–Kier alpha value is -1.73. The van der Waals surface area contributed by atoms with Crippen LogP contribution in [0.1, 0.15) is 29.1 Å². The third-order valence-corrected chi connectivity index (χ3v) is 4.99. The summed E-state index contributed by atoms with van der Waals surface area (Å²) in [6, 6.07) is 0. The zero-order valence-electron chi connectivity index (χ0n) is 12.2. The van der Waals surface area contributed by atoms with Gasteiger partial charge in [0.05, 0.1) is 24.1 Å². The third kappa shape index (κ3) is 2.26. The number of nitrogens with zero attached hydrogens (tertiary/aromatic N) is 3. The van der Waals surface area contributed by atoms with Crippen molar-refractivity contribution < 1.29 is 14.6 Å². The molecule has 3 rings (SSSR count). The fourth-order valence-electron chi connectivity index (χ4n) is 2.71. The molecule has 3 heterocycles. The molecule has 2 aromatic rings. The van der Waals surface area contributed by atoms with Crippen molar-refractivity contribution in [1.29, 1.82) is 0 Å². The number of carboxylic acids is 1. The molecule has 1 N–H and O–H groups in total. The molecule has 112 valence electrons. The number of fused-ring (bicyclic) bond motifs is 1. The first-order chi connectivity index (χ1) is 9.92. The lowest BCUT2D eigenvalue weighted by atomic mass is 10.0. The van der Waals surface area contributed by atoms with Gasteiger partial charge in [0.15, 0.2) is 0 Å². The van der Waals surface area contributed by atoms with Crippen molar-refractivity contribution in [3.8, 4) is 0 Å². The van der Waals surface area contributed by atoms with Gasteiger partial charge < -0.3 is 14.7 Å². The van der Waals surface area contributed by atoms with Gasteiger partial charge in [0, 0.05) is 6.54 Å². The standard InChI is InChI=1S/C14H17N3O3S/c1-8-9-11(17-4-5-20-6-14(17,2)3)15-7-16-12(9)21-10(8)13(18)19/h7H,4-6H2,1-3H3,(H,18,19). The first-order valence-corrected chi connectivity index (χ1v) is 7.56. The molecule has 2 aromatic heterocycles. The fraction of sp³-hybridized carbons (Fsp3) is 0.500. The van der Waals surface area contributed by atoms with Crippen molar-refractivity contribution in [3.05, 3.63) is 16.8 Å². The summed E-state index contributed by atoms with van der Waals surface area (Å²) in [6.45, 7) is 8.01. The van der Waals surface area contributed by atoms with Gasteiger partial charge in [-0.1, -0.05) is 0 Å². The lowest BCUT2D eigenvalue weighted by Gasteiger charge is -2.43. The molecule has 0 unspecified atom stereocenters. The summed E-state index contributed by atoms with van der Waals surface area (Å²) in [5.41, 5.74) is 0.553. The molecule has 0 aliphatic carbocycles. The van der Waals surface area contributed by atoms with Gasteiger partial charge in [0.1, 0.15) is 21.9 Å². The summed E-state index contributed by atoms with van der Waals surface area (Å²) in [7, 11) is 0. The van der Waals surface area contributed by atoms with Gasteiger partial charge in [0.2, 0.25) is 0 Å². The van der Waals surface area contributed by atoms with Crippen LogP contribution in [0.5, 0.6) is 0 Å². The van der Waals surface area contributed by atoms with Gasteiger partial charge in [-0.15, -0.1) is 11.3 Å².